The van der Waals surface area contributed by atoms with Crippen LogP contribution in [0.3, 0.4) is 0 Å². The van der Waals surface area contributed by atoms with Gasteiger partial charge in [-0.25, -0.2) is 4.39 Å². The number of fused-ring (bicyclic) bond motifs is 3. The first kappa shape index (κ1) is 24.6. The fourth-order valence-electron chi connectivity index (χ4n) is 4.71. The number of ether oxygens (including phenoxy) is 1. The van der Waals surface area contributed by atoms with Crippen LogP contribution < -0.4 is 10.1 Å². The number of carbonyl (C=O) groups excluding carboxylic acids is 2. The van der Waals surface area contributed by atoms with E-state index in [1.165, 1.54) is 17.0 Å². The molecule has 4 rings (SSSR count). The van der Waals surface area contributed by atoms with Gasteiger partial charge in [0.05, 0.1) is 18.6 Å². The van der Waals surface area contributed by atoms with E-state index in [2.05, 4.69) is 11.9 Å². The first-order chi connectivity index (χ1) is 16.9. The lowest BCUT2D eigenvalue weighted by molar-refractivity contribution is -0.138. The summed E-state index contributed by atoms with van der Waals surface area (Å²) in [4.78, 5) is 27.9. The van der Waals surface area contributed by atoms with E-state index in [0.29, 0.717) is 23.3 Å². The molecule has 184 valence electrons. The molecule has 0 spiro atoms. The Balaban J connectivity index is 1.74. The second kappa shape index (κ2) is 10.8. The Hall–Kier alpha value is -3.49. The third-order valence-corrected chi connectivity index (χ3v) is 6.39. The molecule has 0 bridgehead atoms. The van der Waals surface area contributed by atoms with Crippen molar-refractivity contribution in [2.45, 2.75) is 43.6 Å². The van der Waals surface area contributed by atoms with Gasteiger partial charge in [0, 0.05) is 30.6 Å². The number of aliphatic hydroxyl groups excluding tert-OH is 2. The molecule has 2 amide bonds. The molecule has 7 nitrogen and oxygen atoms in total. The van der Waals surface area contributed by atoms with Crippen LogP contribution in [0.4, 0.5) is 4.39 Å². The van der Waals surface area contributed by atoms with Gasteiger partial charge in [-0.3, -0.25) is 9.59 Å². The lowest BCUT2D eigenvalue weighted by Crippen LogP contribution is -2.55. The topological polar surface area (TPSA) is 99.1 Å². The molecule has 1 aliphatic carbocycles. The monoisotopic (exact) mass is 480 g/mol. The fourth-order valence-corrected chi connectivity index (χ4v) is 4.71. The van der Waals surface area contributed by atoms with E-state index < -0.39 is 35.9 Å². The molecule has 4 atom stereocenters. The summed E-state index contributed by atoms with van der Waals surface area (Å²) < 4.78 is 19.6. The van der Waals surface area contributed by atoms with Gasteiger partial charge in [-0.1, -0.05) is 36.4 Å². The van der Waals surface area contributed by atoms with Crippen LogP contribution in [0.5, 0.6) is 5.75 Å². The quantitative estimate of drug-likeness (QED) is 0.479. The average Bonchev–Trinajstić information content (AvgIpc) is 3.26. The van der Waals surface area contributed by atoms with Crippen molar-refractivity contribution in [1.29, 1.82) is 0 Å². The van der Waals surface area contributed by atoms with Crippen LogP contribution in [-0.2, 0) is 16.1 Å². The molecule has 1 aliphatic heterocycles. The van der Waals surface area contributed by atoms with Gasteiger partial charge in [0.1, 0.15) is 23.8 Å². The molecule has 2 aliphatic rings. The van der Waals surface area contributed by atoms with Crippen molar-refractivity contribution in [3.63, 3.8) is 0 Å². The summed E-state index contributed by atoms with van der Waals surface area (Å²) in [7, 11) is 0. The lowest BCUT2D eigenvalue weighted by atomic mass is 9.77. The number of hydrogen-bond acceptors (Lipinski definition) is 5. The second-order valence-electron chi connectivity index (χ2n) is 8.66. The average molecular weight is 481 g/mol. The van der Waals surface area contributed by atoms with E-state index in [4.69, 9.17) is 4.74 Å². The van der Waals surface area contributed by atoms with Crippen molar-refractivity contribution in [3.05, 3.63) is 89.8 Å². The number of amides is 2. The number of benzene rings is 2. The third-order valence-electron chi connectivity index (χ3n) is 6.39. The highest BCUT2D eigenvalue weighted by Crippen LogP contribution is 2.47. The summed E-state index contributed by atoms with van der Waals surface area (Å²) in [5.41, 5.74) is 1.83. The maximum Gasteiger partial charge on any atom is 0.247 e. The van der Waals surface area contributed by atoms with E-state index in [1.54, 1.807) is 30.4 Å². The standard InChI is InChI=1S/C27H29FN2O5/c1-2-3-8-23(32)30(16-17-9-11-18(28)12-10-17)21-15-20(27(34)29-13-14-31)24-19-6-4-5-7-22(19)35-26(24)25(21)33/h2,4-7,9-12,15,21,24-26,31,33H,1,3,8,13-14,16H2,(H,29,34). The number of aliphatic hydroxyl groups is 2. The molecule has 0 saturated carbocycles. The summed E-state index contributed by atoms with van der Waals surface area (Å²) in [5.74, 6) is -0.970. The Bertz CT molecular complexity index is 1120. The van der Waals surface area contributed by atoms with Crippen LogP contribution in [0.1, 0.15) is 29.9 Å². The number of nitrogens with zero attached hydrogens (tertiary/aromatic N) is 1. The van der Waals surface area contributed by atoms with Crippen LogP contribution in [0, 0.1) is 5.82 Å². The molecule has 2 aromatic carbocycles. The number of halogens is 1. The SMILES string of the molecule is C=CCCC(=O)N(Cc1ccc(F)cc1)C1C=C(C(=O)NCCO)C2c3ccccc3OC2C1O. The lowest BCUT2D eigenvalue weighted by Gasteiger charge is -2.40. The zero-order valence-electron chi connectivity index (χ0n) is 19.3. The zero-order chi connectivity index (χ0) is 24.9. The van der Waals surface area contributed by atoms with Gasteiger partial charge in [-0.05, 0) is 36.3 Å². The van der Waals surface area contributed by atoms with Gasteiger partial charge in [-0.2, -0.15) is 0 Å². The van der Waals surface area contributed by atoms with Crippen molar-refractivity contribution < 1.29 is 28.9 Å². The minimum Gasteiger partial charge on any atom is -0.486 e. The highest BCUT2D eigenvalue weighted by atomic mass is 19.1. The molecule has 0 fully saturated rings. The van der Waals surface area contributed by atoms with Crippen LogP contribution in [0.25, 0.3) is 0 Å². The number of para-hydroxylation sites is 1. The van der Waals surface area contributed by atoms with Crippen LogP contribution in [-0.4, -0.2) is 58.3 Å². The van der Waals surface area contributed by atoms with E-state index in [-0.39, 0.29) is 32.0 Å². The smallest absolute Gasteiger partial charge is 0.247 e. The highest BCUT2D eigenvalue weighted by Gasteiger charge is 2.50. The first-order valence-corrected chi connectivity index (χ1v) is 11.6. The maximum atomic E-state index is 13.5. The Labute approximate surface area is 203 Å². The summed E-state index contributed by atoms with van der Waals surface area (Å²) in [6, 6.07) is 12.2. The second-order valence-corrected chi connectivity index (χ2v) is 8.66. The molecule has 1 heterocycles. The van der Waals surface area contributed by atoms with Crippen LogP contribution in [0.2, 0.25) is 0 Å². The number of nitrogens with one attached hydrogen (secondary N) is 1. The Morgan fingerprint density at radius 2 is 1.91 bits per heavy atom. The summed E-state index contributed by atoms with van der Waals surface area (Å²) in [6.45, 7) is 3.64. The Morgan fingerprint density at radius 1 is 1.17 bits per heavy atom. The molecule has 0 saturated heterocycles. The predicted molar refractivity (Wildman–Crippen MR) is 128 cm³/mol. The van der Waals surface area contributed by atoms with Gasteiger partial charge < -0.3 is 25.2 Å². The van der Waals surface area contributed by atoms with E-state index >= 15 is 0 Å². The van der Waals surface area contributed by atoms with Crippen molar-refractivity contribution in [1.82, 2.24) is 10.2 Å². The number of allylic oxidation sites excluding steroid dienone is 1. The van der Waals surface area contributed by atoms with E-state index in [0.717, 1.165) is 5.56 Å². The van der Waals surface area contributed by atoms with Crippen LogP contribution in [0.15, 0.2) is 72.8 Å². The Morgan fingerprint density at radius 3 is 2.63 bits per heavy atom. The number of carbonyl (C=O) groups is 2. The molecule has 35 heavy (non-hydrogen) atoms. The maximum absolute atomic E-state index is 13.5. The minimum absolute atomic E-state index is 0.0703. The number of hydrogen-bond donors (Lipinski definition) is 3. The molecular formula is C27H29FN2O5. The van der Waals surface area contributed by atoms with E-state index in [9.17, 15) is 24.2 Å². The van der Waals surface area contributed by atoms with E-state index in [1.807, 2.05) is 18.2 Å². The highest BCUT2D eigenvalue weighted by molar-refractivity contribution is 5.96. The number of rotatable bonds is 9. The summed E-state index contributed by atoms with van der Waals surface area (Å²) in [6.07, 6.45) is 1.99. The van der Waals surface area contributed by atoms with Gasteiger partial charge >= 0.3 is 0 Å². The largest absolute Gasteiger partial charge is 0.486 e. The molecule has 2 aromatic rings. The van der Waals surface area contributed by atoms with Crippen molar-refractivity contribution in [2.75, 3.05) is 13.2 Å². The Kier molecular flexibility index (Phi) is 7.63. The molecule has 0 radical (unpaired) electrons. The summed E-state index contributed by atoms with van der Waals surface area (Å²) in [5, 5.41) is 23.3. The normalized spacial score (nSPS) is 22.3. The third kappa shape index (κ3) is 5.13. The fraction of sp³-hybridized carbons (Fsp3) is 0.333. The van der Waals surface area contributed by atoms with Gasteiger partial charge in [-0.15, -0.1) is 6.58 Å². The van der Waals surface area contributed by atoms with Gasteiger partial charge in [0.25, 0.3) is 0 Å². The van der Waals surface area contributed by atoms with Gasteiger partial charge in [0.2, 0.25) is 11.8 Å². The van der Waals surface area contributed by atoms with Gasteiger partial charge in [0.15, 0.2) is 0 Å². The first-order valence-electron chi connectivity index (χ1n) is 11.6. The molecule has 3 N–H and O–H groups in total. The molecular weight excluding hydrogens is 451 g/mol. The van der Waals surface area contributed by atoms with Crippen molar-refractivity contribution >= 4 is 11.8 Å². The summed E-state index contributed by atoms with van der Waals surface area (Å²) >= 11 is 0. The molecule has 4 unspecified atom stereocenters. The van der Waals surface area contributed by atoms with Crippen LogP contribution >= 0.6 is 0 Å². The minimum atomic E-state index is -1.12. The zero-order valence-corrected chi connectivity index (χ0v) is 19.3. The van der Waals surface area contributed by atoms with Crippen molar-refractivity contribution in [2.24, 2.45) is 0 Å². The van der Waals surface area contributed by atoms with Crippen molar-refractivity contribution in [3.8, 4) is 5.75 Å². The molecule has 8 heteroatoms. The molecule has 0 aromatic heterocycles. The predicted octanol–water partition coefficient (Wildman–Crippen LogP) is 2.44.